The average Bonchev–Trinajstić information content (AvgIpc) is 3.80. The van der Waals surface area contributed by atoms with Crippen LogP contribution in [0.15, 0.2) is 54.9 Å². The maximum atomic E-state index is 15.1. The van der Waals surface area contributed by atoms with E-state index in [1.54, 1.807) is 4.31 Å². The minimum atomic E-state index is -3.49. The zero-order valence-electron chi connectivity index (χ0n) is 23.4. The first-order valence-electron chi connectivity index (χ1n) is 14.1. The Labute approximate surface area is 247 Å². The number of sulfonamides is 1. The number of halogens is 4. The lowest BCUT2D eigenvalue weighted by Crippen LogP contribution is -2.59. The molecular weight excluding hydrogens is 586 g/mol. The van der Waals surface area contributed by atoms with Gasteiger partial charge in [-0.25, -0.2) is 26.0 Å². The minimum absolute atomic E-state index is 0.0390. The number of piperazine rings is 1. The molecule has 2 heterocycles. The molecule has 2 aromatic carbocycles. The van der Waals surface area contributed by atoms with E-state index < -0.39 is 57.2 Å². The van der Waals surface area contributed by atoms with Crippen molar-refractivity contribution in [3.8, 4) is 0 Å². The summed E-state index contributed by atoms with van der Waals surface area (Å²) in [7, 11) is -3.49. The molecule has 1 saturated carbocycles. The van der Waals surface area contributed by atoms with Crippen molar-refractivity contribution in [3.05, 3.63) is 94.8 Å². The van der Waals surface area contributed by atoms with Crippen molar-refractivity contribution in [2.24, 2.45) is 5.73 Å². The van der Waals surface area contributed by atoms with Crippen molar-refractivity contribution in [2.75, 3.05) is 18.4 Å². The first-order valence-corrected chi connectivity index (χ1v) is 15.6. The van der Waals surface area contributed by atoms with Crippen molar-refractivity contribution < 1.29 is 30.8 Å². The van der Waals surface area contributed by atoms with E-state index in [9.17, 15) is 26.4 Å². The maximum absolute atomic E-state index is 15.1. The summed E-state index contributed by atoms with van der Waals surface area (Å²) in [4.78, 5) is 17.3. The molecule has 4 atom stereocenters. The Balaban J connectivity index is 1.38. The molecule has 2 unspecified atom stereocenters. The SMILES string of the molecule is C[C@H]1CNC[C@H](CCc2c(F)cncc2NC(=O)C(N)C(c2ccc(F)cc2)c2cc(F)cc(F)c2)N1S(=O)(=O)C1CC1. The summed E-state index contributed by atoms with van der Waals surface area (Å²) in [6.45, 7) is 2.75. The quantitative estimate of drug-likeness (QED) is 0.297. The molecule has 5 rings (SSSR count). The van der Waals surface area contributed by atoms with Gasteiger partial charge in [0.25, 0.3) is 0 Å². The van der Waals surface area contributed by atoms with E-state index in [0.717, 1.165) is 30.5 Å². The molecule has 0 radical (unpaired) electrons. The van der Waals surface area contributed by atoms with E-state index in [2.05, 4.69) is 15.6 Å². The molecule has 2 aliphatic rings. The number of nitrogens with two attached hydrogens (primary N) is 1. The fourth-order valence-corrected chi connectivity index (χ4v) is 8.01. The van der Waals surface area contributed by atoms with E-state index in [1.807, 2.05) is 6.92 Å². The molecule has 1 saturated heterocycles. The number of benzene rings is 2. The number of hydrogen-bond donors (Lipinski definition) is 3. The number of amides is 1. The Hall–Kier alpha value is -3.39. The van der Waals surface area contributed by atoms with Crippen LogP contribution in [0.2, 0.25) is 0 Å². The van der Waals surface area contributed by atoms with Gasteiger partial charge in [0, 0.05) is 42.7 Å². The van der Waals surface area contributed by atoms with Crippen molar-refractivity contribution in [2.45, 2.75) is 61.9 Å². The van der Waals surface area contributed by atoms with Crippen LogP contribution in [0.25, 0.3) is 0 Å². The number of pyridine rings is 1. The summed E-state index contributed by atoms with van der Waals surface area (Å²) in [6, 6.07) is 5.68. The Kier molecular flexibility index (Phi) is 9.16. The second-order valence-electron chi connectivity index (χ2n) is 11.2. The largest absolute Gasteiger partial charge is 0.323 e. The van der Waals surface area contributed by atoms with Crippen LogP contribution in [-0.2, 0) is 21.2 Å². The van der Waals surface area contributed by atoms with Gasteiger partial charge in [0.1, 0.15) is 23.3 Å². The molecule has 8 nitrogen and oxygen atoms in total. The molecule has 1 aliphatic heterocycles. The standard InChI is InChI=1S/C30H33F4N5O3S/c1-17-13-36-14-23(39(17)43(41,42)24-7-8-24)6-9-25-26(34)15-37-16-27(25)38-30(40)29(35)28(18-2-4-20(31)5-3-18)19-10-21(32)12-22(33)11-19/h2-5,10-12,15-17,23-24,28-29,36H,6-9,13-14,35H2,1H3,(H,38,40)/t17-,23-,28?,29?/m0/s1. The number of carbonyl (C=O) groups is 1. The summed E-state index contributed by atoms with van der Waals surface area (Å²) in [5.41, 5.74) is 6.91. The van der Waals surface area contributed by atoms with Crippen molar-refractivity contribution in [3.63, 3.8) is 0 Å². The molecule has 43 heavy (non-hydrogen) atoms. The third-order valence-corrected chi connectivity index (χ3v) is 10.5. The second-order valence-corrected chi connectivity index (χ2v) is 13.3. The summed E-state index contributed by atoms with van der Waals surface area (Å²) < 4.78 is 84.9. The first kappa shape index (κ1) is 31.0. The van der Waals surface area contributed by atoms with Crippen molar-refractivity contribution in [1.29, 1.82) is 0 Å². The Bertz CT molecular complexity index is 1570. The van der Waals surface area contributed by atoms with Gasteiger partial charge >= 0.3 is 0 Å². The minimum Gasteiger partial charge on any atom is -0.323 e. The lowest BCUT2D eigenvalue weighted by atomic mass is 9.84. The molecule has 0 bridgehead atoms. The topological polar surface area (TPSA) is 117 Å². The molecule has 2 fully saturated rings. The van der Waals surface area contributed by atoms with Crippen molar-refractivity contribution >= 4 is 21.6 Å². The Morgan fingerprint density at radius 1 is 1.02 bits per heavy atom. The Morgan fingerprint density at radius 3 is 2.35 bits per heavy atom. The van der Waals surface area contributed by atoms with E-state index in [0.29, 0.717) is 37.6 Å². The van der Waals surface area contributed by atoms with Gasteiger partial charge in [-0.15, -0.1) is 0 Å². The molecular formula is C30H33F4N5O3S. The van der Waals surface area contributed by atoms with Crippen LogP contribution in [0.1, 0.15) is 48.8 Å². The predicted molar refractivity (Wildman–Crippen MR) is 154 cm³/mol. The van der Waals surface area contributed by atoms with Crippen LogP contribution >= 0.6 is 0 Å². The molecule has 230 valence electrons. The number of nitrogens with one attached hydrogen (secondary N) is 2. The predicted octanol–water partition coefficient (Wildman–Crippen LogP) is 3.82. The van der Waals surface area contributed by atoms with Crippen molar-refractivity contribution in [1.82, 2.24) is 14.6 Å². The summed E-state index contributed by atoms with van der Waals surface area (Å²) in [6.07, 6.45) is 3.89. The number of rotatable bonds is 10. The highest BCUT2D eigenvalue weighted by Gasteiger charge is 2.45. The van der Waals surface area contributed by atoms with Crippen LogP contribution in [0.3, 0.4) is 0 Å². The van der Waals surface area contributed by atoms with Gasteiger partial charge < -0.3 is 16.4 Å². The number of aromatic nitrogens is 1. The summed E-state index contributed by atoms with van der Waals surface area (Å²) >= 11 is 0. The van der Waals surface area contributed by atoms with Crippen LogP contribution in [-0.4, -0.2) is 60.1 Å². The summed E-state index contributed by atoms with van der Waals surface area (Å²) in [5.74, 6) is -4.87. The highest BCUT2D eigenvalue weighted by Crippen LogP contribution is 2.35. The highest BCUT2D eigenvalue weighted by atomic mass is 32.2. The zero-order valence-corrected chi connectivity index (χ0v) is 24.3. The highest BCUT2D eigenvalue weighted by molar-refractivity contribution is 7.90. The van der Waals surface area contributed by atoms with Gasteiger partial charge in [-0.1, -0.05) is 12.1 Å². The van der Waals surface area contributed by atoms with Crippen LogP contribution in [0.5, 0.6) is 0 Å². The third-order valence-electron chi connectivity index (χ3n) is 7.98. The van der Waals surface area contributed by atoms with Gasteiger partial charge in [-0.2, -0.15) is 4.31 Å². The van der Waals surface area contributed by atoms with Gasteiger partial charge in [0.05, 0.1) is 29.4 Å². The summed E-state index contributed by atoms with van der Waals surface area (Å²) in [5, 5.41) is 5.46. The normalized spacial score (nSPS) is 20.9. The molecule has 13 heteroatoms. The average molecular weight is 620 g/mol. The third kappa shape index (κ3) is 6.90. The first-order chi connectivity index (χ1) is 20.5. The van der Waals surface area contributed by atoms with Crippen LogP contribution in [0.4, 0.5) is 23.2 Å². The molecule has 3 aromatic rings. The number of carbonyl (C=O) groups excluding carboxylic acids is 1. The molecule has 1 aliphatic carbocycles. The lowest BCUT2D eigenvalue weighted by molar-refractivity contribution is -0.117. The number of anilines is 1. The van der Waals surface area contributed by atoms with Crippen LogP contribution in [0, 0.1) is 23.3 Å². The van der Waals surface area contributed by atoms with Gasteiger partial charge in [-0.3, -0.25) is 9.78 Å². The van der Waals surface area contributed by atoms with Gasteiger partial charge in [0.15, 0.2) is 0 Å². The lowest BCUT2D eigenvalue weighted by Gasteiger charge is -2.40. The molecule has 1 amide bonds. The molecule has 0 spiro atoms. The fourth-order valence-electron chi connectivity index (χ4n) is 5.76. The zero-order chi connectivity index (χ0) is 30.9. The van der Waals surface area contributed by atoms with E-state index in [-0.39, 0.29) is 40.9 Å². The van der Waals surface area contributed by atoms with Gasteiger partial charge in [0.2, 0.25) is 15.9 Å². The monoisotopic (exact) mass is 619 g/mol. The smallest absolute Gasteiger partial charge is 0.242 e. The van der Waals surface area contributed by atoms with E-state index in [1.165, 1.54) is 18.3 Å². The fraction of sp³-hybridized carbons (Fsp3) is 0.400. The van der Waals surface area contributed by atoms with Crippen LogP contribution < -0.4 is 16.4 Å². The second kappa shape index (κ2) is 12.7. The molecule has 1 aromatic heterocycles. The molecule has 4 N–H and O–H groups in total. The van der Waals surface area contributed by atoms with Gasteiger partial charge in [-0.05, 0) is 68.0 Å². The maximum Gasteiger partial charge on any atom is 0.242 e. The number of nitrogens with zero attached hydrogens (tertiary/aromatic N) is 2. The Morgan fingerprint density at radius 2 is 1.70 bits per heavy atom. The van der Waals surface area contributed by atoms with E-state index in [4.69, 9.17) is 5.73 Å². The van der Waals surface area contributed by atoms with E-state index >= 15 is 4.39 Å². The number of hydrogen-bond acceptors (Lipinski definition) is 6.